The Morgan fingerprint density at radius 3 is 2.86 bits per heavy atom. The lowest BCUT2D eigenvalue weighted by molar-refractivity contribution is 0.451. The Hall–Kier alpha value is -3.04. The van der Waals surface area contributed by atoms with Crippen molar-refractivity contribution in [2.75, 3.05) is 5.32 Å². The summed E-state index contributed by atoms with van der Waals surface area (Å²) in [6.07, 6.45) is 7.97. The van der Waals surface area contributed by atoms with Crippen LogP contribution in [0.3, 0.4) is 0 Å². The molecule has 2 heterocycles. The zero-order valence-corrected chi connectivity index (χ0v) is 16.6. The molecule has 0 spiro atoms. The van der Waals surface area contributed by atoms with Gasteiger partial charge in [0.05, 0.1) is 27.9 Å². The number of fused-ring (bicyclic) bond motifs is 2. The van der Waals surface area contributed by atoms with Gasteiger partial charge in [-0.05, 0) is 42.7 Å². The van der Waals surface area contributed by atoms with E-state index in [0.717, 1.165) is 27.7 Å². The molecule has 1 saturated carbocycles. The largest absolute Gasteiger partial charge is 0.424 e. The first-order valence-electron chi connectivity index (χ1n) is 9.90. The minimum atomic E-state index is 0.436. The number of aromatic nitrogens is 3. The third kappa shape index (κ3) is 3.54. The summed E-state index contributed by atoms with van der Waals surface area (Å²) < 4.78 is 7.98. The van der Waals surface area contributed by atoms with Gasteiger partial charge in [0.25, 0.3) is 6.01 Å². The number of nitrogens with one attached hydrogen (secondary N) is 1. The Balaban J connectivity index is 1.40. The lowest BCUT2D eigenvalue weighted by Gasteiger charge is -2.21. The van der Waals surface area contributed by atoms with E-state index in [-0.39, 0.29) is 0 Å². The van der Waals surface area contributed by atoms with E-state index in [0.29, 0.717) is 29.2 Å². The monoisotopic (exact) mass is 405 g/mol. The average Bonchev–Trinajstić information content (AvgIpc) is 3.31. The van der Waals surface area contributed by atoms with E-state index >= 15 is 0 Å². The van der Waals surface area contributed by atoms with Gasteiger partial charge in [-0.15, -0.1) is 0 Å². The molecule has 2 aromatic carbocycles. The molecule has 0 unspecified atom stereocenters. The summed E-state index contributed by atoms with van der Waals surface area (Å²) in [4.78, 5) is 8.98. The zero-order valence-electron chi connectivity index (χ0n) is 15.9. The molecule has 4 aromatic rings. The number of oxazole rings is 1. The molecule has 146 valence electrons. The highest BCUT2D eigenvalue weighted by molar-refractivity contribution is 6.32. The molecular formula is C22H20ClN5O. The fourth-order valence-electron chi connectivity index (χ4n) is 4.04. The number of anilines is 1. The maximum absolute atomic E-state index is 9.14. The molecule has 1 fully saturated rings. The van der Waals surface area contributed by atoms with E-state index < -0.39 is 0 Å². The van der Waals surface area contributed by atoms with Crippen LogP contribution in [0, 0.1) is 11.3 Å². The molecule has 0 aliphatic heterocycles. The van der Waals surface area contributed by atoms with Gasteiger partial charge in [-0.1, -0.05) is 36.9 Å². The van der Waals surface area contributed by atoms with Crippen molar-refractivity contribution in [3.05, 3.63) is 52.8 Å². The first-order chi connectivity index (χ1) is 14.2. The topological polar surface area (TPSA) is 79.7 Å². The van der Waals surface area contributed by atoms with Gasteiger partial charge in [-0.3, -0.25) is 0 Å². The van der Waals surface area contributed by atoms with Crippen molar-refractivity contribution < 1.29 is 4.42 Å². The highest BCUT2D eigenvalue weighted by atomic mass is 35.5. The number of hydrogen-bond acceptors (Lipinski definition) is 5. The fourth-order valence-corrected chi connectivity index (χ4v) is 4.24. The lowest BCUT2D eigenvalue weighted by atomic mass is 9.96. The SMILES string of the molecule is N#Cc1cc2ncn(Cc3ccc4nc(NC5CCCCC5)oc4c3)c2cc1Cl. The van der Waals surface area contributed by atoms with Crippen LogP contribution in [0.4, 0.5) is 6.01 Å². The van der Waals surface area contributed by atoms with Crippen molar-refractivity contribution in [2.24, 2.45) is 0 Å². The number of rotatable bonds is 4. The van der Waals surface area contributed by atoms with Crippen LogP contribution >= 0.6 is 11.6 Å². The van der Waals surface area contributed by atoms with Crippen LogP contribution in [0.5, 0.6) is 0 Å². The van der Waals surface area contributed by atoms with Crippen molar-refractivity contribution in [3.8, 4) is 6.07 Å². The van der Waals surface area contributed by atoms with Gasteiger partial charge < -0.3 is 14.3 Å². The Kier molecular flexibility index (Phi) is 4.61. The van der Waals surface area contributed by atoms with Gasteiger partial charge in [0.1, 0.15) is 11.6 Å². The number of nitriles is 1. The van der Waals surface area contributed by atoms with Gasteiger partial charge in [-0.25, -0.2) is 4.98 Å². The summed E-state index contributed by atoms with van der Waals surface area (Å²) in [6, 6.07) is 12.7. The van der Waals surface area contributed by atoms with Crippen LogP contribution in [-0.4, -0.2) is 20.6 Å². The van der Waals surface area contributed by atoms with Gasteiger partial charge in [0.15, 0.2) is 5.58 Å². The Morgan fingerprint density at radius 1 is 1.17 bits per heavy atom. The number of nitrogens with zero attached hydrogens (tertiary/aromatic N) is 4. The summed E-state index contributed by atoms with van der Waals surface area (Å²) in [5.41, 5.74) is 4.79. The highest BCUT2D eigenvalue weighted by Gasteiger charge is 2.16. The predicted octanol–water partition coefficient (Wildman–Crippen LogP) is 5.50. The van der Waals surface area contributed by atoms with Crippen LogP contribution in [0.2, 0.25) is 5.02 Å². The molecule has 1 aliphatic carbocycles. The zero-order chi connectivity index (χ0) is 19.8. The van der Waals surface area contributed by atoms with Crippen LogP contribution in [0.15, 0.2) is 41.1 Å². The van der Waals surface area contributed by atoms with Crippen LogP contribution < -0.4 is 5.32 Å². The summed E-state index contributed by atoms with van der Waals surface area (Å²) >= 11 is 6.20. The van der Waals surface area contributed by atoms with Gasteiger partial charge >= 0.3 is 0 Å². The quantitative estimate of drug-likeness (QED) is 0.485. The summed E-state index contributed by atoms with van der Waals surface area (Å²) in [5, 5.41) is 13.0. The van der Waals surface area contributed by atoms with Gasteiger partial charge in [0.2, 0.25) is 0 Å². The second kappa shape index (κ2) is 7.41. The lowest BCUT2D eigenvalue weighted by Crippen LogP contribution is -2.22. The van der Waals surface area contributed by atoms with Crippen molar-refractivity contribution in [2.45, 2.75) is 44.7 Å². The summed E-state index contributed by atoms with van der Waals surface area (Å²) in [6.45, 7) is 0.626. The number of halogens is 1. The summed E-state index contributed by atoms with van der Waals surface area (Å²) in [5.74, 6) is 0. The van der Waals surface area contributed by atoms with E-state index in [9.17, 15) is 0 Å². The molecule has 29 heavy (non-hydrogen) atoms. The molecule has 0 saturated heterocycles. The van der Waals surface area contributed by atoms with Crippen LogP contribution in [-0.2, 0) is 6.54 Å². The second-order valence-electron chi connectivity index (χ2n) is 7.61. The fraction of sp³-hybridized carbons (Fsp3) is 0.318. The molecular weight excluding hydrogens is 386 g/mol. The molecule has 0 radical (unpaired) electrons. The smallest absolute Gasteiger partial charge is 0.295 e. The van der Waals surface area contributed by atoms with Crippen LogP contribution in [0.1, 0.15) is 43.2 Å². The van der Waals surface area contributed by atoms with Crippen molar-refractivity contribution in [1.82, 2.24) is 14.5 Å². The molecule has 1 aliphatic rings. The van der Waals surface area contributed by atoms with Crippen molar-refractivity contribution in [3.63, 3.8) is 0 Å². The minimum Gasteiger partial charge on any atom is -0.424 e. The van der Waals surface area contributed by atoms with Crippen molar-refractivity contribution >= 4 is 39.7 Å². The third-order valence-corrected chi connectivity index (χ3v) is 5.88. The van der Waals surface area contributed by atoms with E-state index in [2.05, 4.69) is 21.4 Å². The normalized spacial score (nSPS) is 15.0. The number of hydrogen-bond donors (Lipinski definition) is 1. The number of imidazole rings is 1. The Morgan fingerprint density at radius 2 is 2.03 bits per heavy atom. The van der Waals surface area contributed by atoms with Gasteiger partial charge in [0, 0.05) is 12.6 Å². The molecule has 5 rings (SSSR count). The molecule has 0 bridgehead atoms. The Bertz CT molecular complexity index is 1230. The van der Waals surface area contributed by atoms with Gasteiger partial charge in [-0.2, -0.15) is 10.2 Å². The molecule has 2 aromatic heterocycles. The predicted molar refractivity (Wildman–Crippen MR) is 113 cm³/mol. The average molecular weight is 406 g/mol. The van der Waals surface area contributed by atoms with Crippen LogP contribution in [0.25, 0.3) is 22.1 Å². The highest BCUT2D eigenvalue weighted by Crippen LogP contribution is 2.26. The molecule has 0 atom stereocenters. The van der Waals surface area contributed by atoms with Crippen molar-refractivity contribution in [1.29, 1.82) is 5.26 Å². The standard InChI is InChI=1S/C22H20ClN5O/c23-17-10-20-19(9-15(17)11-24)25-13-28(20)12-14-6-7-18-21(8-14)29-22(27-18)26-16-4-2-1-3-5-16/h6-10,13,16H,1-5,12H2,(H,26,27). The second-order valence-corrected chi connectivity index (χ2v) is 8.01. The van der Waals surface area contributed by atoms with E-state index in [1.165, 1.54) is 32.1 Å². The maximum Gasteiger partial charge on any atom is 0.295 e. The number of benzene rings is 2. The first-order valence-corrected chi connectivity index (χ1v) is 10.3. The molecule has 7 heteroatoms. The van der Waals surface area contributed by atoms with E-state index in [1.807, 2.05) is 22.8 Å². The summed E-state index contributed by atoms with van der Waals surface area (Å²) in [7, 11) is 0. The molecule has 6 nitrogen and oxygen atoms in total. The first kappa shape index (κ1) is 18.0. The van der Waals surface area contributed by atoms with E-state index in [4.69, 9.17) is 21.3 Å². The molecule has 0 amide bonds. The minimum absolute atomic E-state index is 0.436. The maximum atomic E-state index is 9.14. The molecule has 1 N–H and O–H groups in total. The van der Waals surface area contributed by atoms with E-state index in [1.54, 1.807) is 18.5 Å². The Labute approximate surface area is 173 Å². The third-order valence-electron chi connectivity index (χ3n) is 5.57.